The van der Waals surface area contributed by atoms with Crippen LogP contribution in [-0.2, 0) is 4.79 Å². The third kappa shape index (κ3) is 3.36. The maximum absolute atomic E-state index is 11.3. The Morgan fingerprint density at radius 1 is 1.37 bits per heavy atom. The van der Waals surface area contributed by atoms with E-state index in [1.807, 2.05) is 12.1 Å². The van der Waals surface area contributed by atoms with E-state index < -0.39 is 5.97 Å². The Balaban J connectivity index is 2.43. The van der Waals surface area contributed by atoms with E-state index in [-0.39, 0.29) is 5.57 Å². The molecule has 2 aromatic rings. The van der Waals surface area contributed by atoms with E-state index in [1.54, 1.807) is 37.5 Å². The molecule has 0 amide bonds. The Kier molecular flexibility index (Phi) is 4.24. The SMILES string of the molecule is COc1cccc(/C=C(\C(=O)O)c2ccc(Cl)s2)c1. The summed E-state index contributed by atoms with van der Waals surface area (Å²) in [5, 5.41) is 9.29. The number of hydrogen-bond acceptors (Lipinski definition) is 3. The number of halogens is 1. The number of carboxylic acids is 1. The van der Waals surface area contributed by atoms with Gasteiger partial charge in [0.25, 0.3) is 0 Å². The number of ether oxygens (including phenoxy) is 1. The first-order chi connectivity index (χ1) is 9.10. The molecule has 1 aromatic heterocycles. The Hall–Kier alpha value is -1.78. The number of methoxy groups -OCH3 is 1. The highest BCUT2D eigenvalue weighted by atomic mass is 35.5. The smallest absolute Gasteiger partial charge is 0.337 e. The fourth-order valence-corrected chi connectivity index (χ4v) is 2.65. The van der Waals surface area contributed by atoms with Gasteiger partial charge in [-0.2, -0.15) is 0 Å². The second-order valence-corrected chi connectivity index (χ2v) is 5.46. The molecular formula is C14H11ClO3S. The number of aliphatic carboxylic acids is 1. The van der Waals surface area contributed by atoms with Crippen molar-refractivity contribution >= 4 is 40.6 Å². The summed E-state index contributed by atoms with van der Waals surface area (Å²) >= 11 is 7.08. The van der Waals surface area contributed by atoms with Crippen molar-refractivity contribution in [3.63, 3.8) is 0 Å². The van der Waals surface area contributed by atoms with Crippen LogP contribution in [0, 0.1) is 0 Å². The predicted octanol–water partition coefficient (Wildman–Crippen LogP) is 4.04. The zero-order valence-corrected chi connectivity index (χ0v) is 11.7. The number of thiophene rings is 1. The monoisotopic (exact) mass is 294 g/mol. The molecule has 0 radical (unpaired) electrons. The average Bonchev–Trinajstić information content (AvgIpc) is 2.82. The molecule has 0 saturated carbocycles. The molecule has 0 bridgehead atoms. The minimum Gasteiger partial charge on any atom is -0.497 e. The zero-order valence-electron chi connectivity index (χ0n) is 10.1. The second kappa shape index (κ2) is 5.91. The maximum Gasteiger partial charge on any atom is 0.337 e. The number of hydrogen-bond donors (Lipinski definition) is 1. The molecule has 2 rings (SSSR count). The molecule has 1 N–H and O–H groups in total. The highest BCUT2D eigenvalue weighted by molar-refractivity contribution is 7.17. The van der Waals surface area contributed by atoms with Gasteiger partial charge in [0.05, 0.1) is 17.0 Å². The second-order valence-electron chi connectivity index (χ2n) is 3.74. The first-order valence-electron chi connectivity index (χ1n) is 5.45. The van der Waals surface area contributed by atoms with Crippen LogP contribution in [0.4, 0.5) is 0 Å². The Morgan fingerprint density at radius 2 is 2.16 bits per heavy atom. The van der Waals surface area contributed by atoms with Crippen molar-refractivity contribution in [3.05, 3.63) is 51.2 Å². The topological polar surface area (TPSA) is 46.5 Å². The normalized spacial score (nSPS) is 11.4. The van der Waals surface area contributed by atoms with Gasteiger partial charge in [0.2, 0.25) is 0 Å². The van der Waals surface area contributed by atoms with Crippen LogP contribution in [0.1, 0.15) is 10.4 Å². The summed E-state index contributed by atoms with van der Waals surface area (Å²) < 4.78 is 5.67. The third-order valence-corrected chi connectivity index (χ3v) is 3.74. The highest BCUT2D eigenvalue weighted by Gasteiger charge is 2.13. The van der Waals surface area contributed by atoms with Gasteiger partial charge in [-0.1, -0.05) is 23.7 Å². The summed E-state index contributed by atoms with van der Waals surface area (Å²) in [4.78, 5) is 12.0. The molecule has 0 aliphatic rings. The quantitative estimate of drug-likeness (QED) is 0.866. The molecule has 0 unspecified atom stereocenters. The van der Waals surface area contributed by atoms with Gasteiger partial charge < -0.3 is 9.84 Å². The predicted molar refractivity (Wildman–Crippen MR) is 77.8 cm³/mol. The van der Waals surface area contributed by atoms with Gasteiger partial charge in [0.15, 0.2) is 0 Å². The molecule has 1 heterocycles. The summed E-state index contributed by atoms with van der Waals surface area (Å²) in [6.07, 6.45) is 1.60. The summed E-state index contributed by atoms with van der Waals surface area (Å²) in [5.74, 6) is -0.302. The molecule has 19 heavy (non-hydrogen) atoms. The molecular weight excluding hydrogens is 284 g/mol. The van der Waals surface area contributed by atoms with E-state index in [9.17, 15) is 9.90 Å². The fraction of sp³-hybridized carbons (Fsp3) is 0.0714. The summed E-state index contributed by atoms with van der Waals surface area (Å²) in [5.41, 5.74) is 0.978. The average molecular weight is 295 g/mol. The standard InChI is InChI=1S/C14H11ClO3S/c1-18-10-4-2-3-9(7-10)8-11(14(16)17)12-5-6-13(15)19-12/h2-8H,1H3,(H,16,17)/b11-8-. The number of carbonyl (C=O) groups is 1. The molecule has 0 aliphatic carbocycles. The van der Waals surface area contributed by atoms with Crippen molar-refractivity contribution in [1.82, 2.24) is 0 Å². The van der Waals surface area contributed by atoms with Crippen molar-refractivity contribution in [2.75, 3.05) is 7.11 Å². The van der Waals surface area contributed by atoms with Crippen LogP contribution in [0.25, 0.3) is 11.6 Å². The lowest BCUT2D eigenvalue weighted by atomic mass is 10.1. The van der Waals surface area contributed by atoms with E-state index >= 15 is 0 Å². The van der Waals surface area contributed by atoms with Crippen LogP contribution in [0.2, 0.25) is 4.34 Å². The summed E-state index contributed by atoms with van der Waals surface area (Å²) in [6, 6.07) is 10.6. The summed E-state index contributed by atoms with van der Waals surface area (Å²) in [7, 11) is 1.57. The Morgan fingerprint density at radius 3 is 2.74 bits per heavy atom. The van der Waals surface area contributed by atoms with Gasteiger partial charge in [-0.15, -0.1) is 11.3 Å². The number of benzene rings is 1. The first kappa shape index (κ1) is 13.6. The van der Waals surface area contributed by atoms with Crippen LogP contribution in [0.15, 0.2) is 36.4 Å². The van der Waals surface area contributed by atoms with Crippen molar-refractivity contribution in [2.45, 2.75) is 0 Å². The largest absolute Gasteiger partial charge is 0.497 e. The number of rotatable bonds is 4. The van der Waals surface area contributed by atoms with Gasteiger partial charge in [0, 0.05) is 4.88 Å². The Labute approximate surface area is 119 Å². The van der Waals surface area contributed by atoms with E-state index in [0.29, 0.717) is 15.0 Å². The zero-order chi connectivity index (χ0) is 13.8. The van der Waals surface area contributed by atoms with Crippen LogP contribution < -0.4 is 4.74 Å². The van der Waals surface area contributed by atoms with E-state index in [0.717, 1.165) is 5.56 Å². The third-order valence-electron chi connectivity index (χ3n) is 2.47. The van der Waals surface area contributed by atoms with Crippen molar-refractivity contribution in [2.24, 2.45) is 0 Å². The van der Waals surface area contributed by atoms with Crippen LogP contribution in [-0.4, -0.2) is 18.2 Å². The molecule has 0 atom stereocenters. The summed E-state index contributed by atoms with van der Waals surface area (Å²) in [6.45, 7) is 0. The molecule has 3 nitrogen and oxygen atoms in total. The van der Waals surface area contributed by atoms with Gasteiger partial charge in [0.1, 0.15) is 5.75 Å². The van der Waals surface area contributed by atoms with E-state index in [4.69, 9.17) is 16.3 Å². The maximum atomic E-state index is 11.3. The Bertz CT molecular complexity index is 631. The highest BCUT2D eigenvalue weighted by Crippen LogP contribution is 2.29. The molecule has 1 aromatic carbocycles. The van der Waals surface area contributed by atoms with Gasteiger partial charge in [-0.05, 0) is 35.9 Å². The first-order valence-corrected chi connectivity index (χ1v) is 6.64. The van der Waals surface area contributed by atoms with Crippen molar-refractivity contribution in [3.8, 4) is 5.75 Å². The minimum atomic E-state index is -0.985. The number of carboxylic acid groups (broad SMARTS) is 1. The molecule has 5 heteroatoms. The van der Waals surface area contributed by atoms with Gasteiger partial charge >= 0.3 is 5.97 Å². The molecule has 0 saturated heterocycles. The molecule has 0 spiro atoms. The van der Waals surface area contributed by atoms with Crippen LogP contribution in [0.5, 0.6) is 5.75 Å². The molecule has 0 fully saturated rings. The van der Waals surface area contributed by atoms with Crippen molar-refractivity contribution in [1.29, 1.82) is 0 Å². The van der Waals surface area contributed by atoms with Crippen LogP contribution >= 0.6 is 22.9 Å². The molecule has 98 valence electrons. The lowest BCUT2D eigenvalue weighted by Crippen LogP contribution is -1.97. The van der Waals surface area contributed by atoms with E-state index in [2.05, 4.69) is 0 Å². The van der Waals surface area contributed by atoms with Gasteiger partial charge in [-0.3, -0.25) is 0 Å². The van der Waals surface area contributed by atoms with Crippen LogP contribution in [0.3, 0.4) is 0 Å². The van der Waals surface area contributed by atoms with Gasteiger partial charge in [-0.25, -0.2) is 4.79 Å². The fourth-order valence-electron chi connectivity index (χ4n) is 1.60. The minimum absolute atomic E-state index is 0.213. The van der Waals surface area contributed by atoms with Crippen molar-refractivity contribution < 1.29 is 14.6 Å². The molecule has 0 aliphatic heterocycles. The lowest BCUT2D eigenvalue weighted by Gasteiger charge is -2.02. The lowest BCUT2D eigenvalue weighted by molar-refractivity contribution is -0.130. The van der Waals surface area contributed by atoms with E-state index in [1.165, 1.54) is 11.3 Å².